The monoisotopic (exact) mass is 649 g/mol. The van der Waals surface area contributed by atoms with E-state index < -0.39 is 46.1 Å². The predicted octanol–water partition coefficient (Wildman–Crippen LogP) is 3.30. The van der Waals surface area contributed by atoms with E-state index in [-0.39, 0.29) is 62.6 Å². The highest BCUT2D eigenvalue weighted by molar-refractivity contribution is 7.84. The molecule has 0 spiro atoms. The molecular formula is C29H33F2N5O8S. The quantitative estimate of drug-likeness (QED) is 0.250. The van der Waals surface area contributed by atoms with Crippen molar-refractivity contribution >= 4 is 28.0 Å². The fraction of sp³-hybridized carbons (Fsp3) is 0.310. The smallest absolute Gasteiger partial charge is 0.415 e. The first kappa shape index (κ1) is 33.7. The predicted molar refractivity (Wildman–Crippen MR) is 157 cm³/mol. The van der Waals surface area contributed by atoms with Crippen LogP contribution in [-0.4, -0.2) is 66.8 Å². The number of anilines is 1. The Bertz CT molecular complexity index is 1620. The number of aliphatic hydroxyl groups is 1. The number of benzene rings is 3. The van der Waals surface area contributed by atoms with Gasteiger partial charge in [-0.2, -0.15) is 17.8 Å². The Hall–Kier alpha value is -4.19. The molecule has 13 nitrogen and oxygen atoms in total. The third-order valence-corrected chi connectivity index (χ3v) is 7.98. The van der Waals surface area contributed by atoms with Gasteiger partial charge in [0.15, 0.2) is 0 Å². The maximum atomic E-state index is 13.6. The van der Waals surface area contributed by atoms with Crippen molar-refractivity contribution in [2.45, 2.75) is 25.0 Å². The van der Waals surface area contributed by atoms with Crippen LogP contribution in [0.5, 0.6) is 11.5 Å². The number of β-lactam (4-membered cyclic amide) rings is 1. The number of hydrogen-bond donors (Lipinski definition) is 4. The lowest BCUT2D eigenvalue weighted by Crippen LogP contribution is -2.55. The number of hydrogen-bond acceptors (Lipinski definition) is 10. The molecule has 0 radical (unpaired) electrons. The van der Waals surface area contributed by atoms with Gasteiger partial charge in [0.05, 0.1) is 18.1 Å². The molecule has 5 rings (SSSR count). The van der Waals surface area contributed by atoms with Crippen molar-refractivity contribution in [2.75, 3.05) is 31.1 Å². The van der Waals surface area contributed by atoms with Gasteiger partial charge in [-0.05, 0) is 66.9 Å². The van der Waals surface area contributed by atoms with E-state index in [2.05, 4.69) is 4.28 Å². The van der Waals surface area contributed by atoms with Gasteiger partial charge in [0.1, 0.15) is 23.1 Å². The van der Waals surface area contributed by atoms with Crippen LogP contribution in [0.25, 0.3) is 0 Å². The van der Waals surface area contributed by atoms with Gasteiger partial charge in [0.2, 0.25) is 5.91 Å². The van der Waals surface area contributed by atoms with Gasteiger partial charge in [-0.15, -0.1) is 0 Å². The second-order valence-electron chi connectivity index (χ2n) is 10.5. The number of halogens is 2. The van der Waals surface area contributed by atoms with Crippen molar-refractivity contribution in [2.24, 2.45) is 11.1 Å². The van der Waals surface area contributed by atoms with E-state index >= 15 is 0 Å². The molecule has 0 aliphatic carbocycles. The summed E-state index contributed by atoms with van der Waals surface area (Å²) in [4.78, 5) is 28.8. The fourth-order valence-corrected chi connectivity index (χ4v) is 5.80. The zero-order valence-corrected chi connectivity index (χ0v) is 24.8. The van der Waals surface area contributed by atoms with Gasteiger partial charge in [0.25, 0.3) is 0 Å². The van der Waals surface area contributed by atoms with Gasteiger partial charge in [-0.1, -0.05) is 12.1 Å². The average Bonchev–Trinajstić information content (AvgIpc) is 2.97. The van der Waals surface area contributed by atoms with Gasteiger partial charge >= 0.3 is 16.4 Å². The van der Waals surface area contributed by atoms with E-state index in [1.807, 2.05) is 0 Å². The standard InChI is InChI=1S/C29H30F2N4O8S.H3N/c30-19-3-1-18(2-4-19)25(36)12-11-24-27(35(28(24)38)21-7-5-20(31)6-8-21)23-10-9-22(17-26(23)37)42-29(39)33-13-15-34(16-14-33)43-44(32,40)41;/h1-10,17,24-25,27,36-37H,11-16H2,(H2,32,40,41);1H3. The van der Waals surface area contributed by atoms with Crippen LogP contribution in [-0.2, 0) is 19.4 Å². The van der Waals surface area contributed by atoms with Crippen LogP contribution in [0.1, 0.15) is 36.1 Å². The summed E-state index contributed by atoms with van der Waals surface area (Å²) in [7, 11) is -4.18. The lowest BCUT2D eigenvalue weighted by molar-refractivity contribution is -0.131. The molecule has 2 saturated heterocycles. The summed E-state index contributed by atoms with van der Waals surface area (Å²) in [5.41, 5.74) is 1.26. The summed E-state index contributed by atoms with van der Waals surface area (Å²) >= 11 is 0. The maximum absolute atomic E-state index is 13.6. The number of piperazine rings is 1. The minimum atomic E-state index is -4.18. The summed E-state index contributed by atoms with van der Waals surface area (Å²) in [5.74, 6) is -2.08. The molecule has 2 heterocycles. The highest BCUT2D eigenvalue weighted by Crippen LogP contribution is 2.49. The number of aromatic hydroxyl groups is 1. The number of phenolic OH excluding ortho intramolecular Hbond substituents is 1. The van der Waals surface area contributed by atoms with Crippen LogP contribution < -0.4 is 20.9 Å². The number of phenols is 1. The van der Waals surface area contributed by atoms with Crippen molar-refractivity contribution in [1.82, 2.24) is 16.1 Å². The molecular weight excluding hydrogens is 616 g/mol. The van der Waals surface area contributed by atoms with Crippen molar-refractivity contribution in [3.63, 3.8) is 0 Å². The third kappa shape index (κ3) is 7.91. The molecule has 0 aromatic heterocycles. The van der Waals surface area contributed by atoms with Crippen molar-refractivity contribution in [3.8, 4) is 11.5 Å². The van der Waals surface area contributed by atoms with E-state index in [9.17, 15) is 37.0 Å². The molecule has 3 aromatic rings. The molecule has 242 valence electrons. The Morgan fingerprint density at radius 3 is 2.16 bits per heavy atom. The summed E-state index contributed by atoms with van der Waals surface area (Å²) in [5, 5.41) is 27.6. The highest BCUT2D eigenvalue weighted by Gasteiger charge is 2.49. The number of rotatable bonds is 9. The average molecular weight is 650 g/mol. The molecule has 0 bridgehead atoms. The first-order valence-corrected chi connectivity index (χ1v) is 15.2. The Balaban J connectivity index is 0.00000461. The van der Waals surface area contributed by atoms with Crippen molar-refractivity contribution < 1.29 is 46.0 Å². The molecule has 3 unspecified atom stereocenters. The number of amides is 2. The third-order valence-electron chi connectivity index (χ3n) is 7.56. The number of nitrogens with zero attached hydrogens (tertiary/aromatic N) is 3. The topological polar surface area (TPSA) is 198 Å². The molecule has 2 fully saturated rings. The maximum Gasteiger partial charge on any atom is 0.415 e. The summed E-state index contributed by atoms with van der Waals surface area (Å²) < 4.78 is 59.1. The summed E-state index contributed by atoms with van der Waals surface area (Å²) in [6, 6.07) is 14.3. The minimum absolute atomic E-state index is 0. The Labute approximate surface area is 258 Å². The van der Waals surface area contributed by atoms with E-state index in [1.165, 1.54) is 76.5 Å². The lowest BCUT2D eigenvalue weighted by Gasteiger charge is -2.48. The second kappa shape index (κ2) is 13.8. The van der Waals surface area contributed by atoms with Crippen LogP contribution in [0, 0.1) is 17.6 Å². The van der Waals surface area contributed by atoms with Crippen LogP contribution in [0.2, 0.25) is 0 Å². The van der Waals surface area contributed by atoms with Crippen molar-refractivity contribution in [3.05, 3.63) is 89.5 Å². The second-order valence-corrected chi connectivity index (χ2v) is 11.6. The number of aliphatic hydroxyl groups excluding tert-OH is 1. The van der Waals surface area contributed by atoms with Crippen molar-refractivity contribution in [1.29, 1.82) is 0 Å². The molecule has 3 atom stereocenters. The van der Waals surface area contributed by atoms with Gasteiger partial charge in [-0.3, -0.25) is 4.79 Å². The molecule has 2 aliphatic heterocycles. The minimum Gasteiger partial charge on any atom is -0.507 e. The molecule has 3 aromatic carbocycles. The largest absolute Gasteiger partial charge is 0.507 e. The number of carbonyl (C=O) groups is 2. The van der Waals surface area contributed by atoms with Crippen LogP contribution >= 0.6 is 0 Å². The zero-order valence-electron chi connectivity index (χ0n) is 24.0. The SMILES string of the molecule is N.NS(=O)(=O)ON1CCN(C(=O)Oc2ccc(C3C(CCC(O)c4ccc(F)cc4)C(=O)N3c3ccc(F)cc3)c(O)c2)CC1. The van der Waals surface area contributed by atoms with Crippen LogP contribution in [0.3, 0.4) is 0 Å². The molecule has 16 heteroatoms. The van der Waals surface area contributed by atoms with Gasteiger partial charge in [-0.25, -0.2) is 18.7 Å². The highest BCUT2D eigenvalue weighted by atomic mass is 32.2. The summed E-state index contributed by atoms with van der Waals surface area (Å²) in [6.07, 6.45) is -1.27. The van der Waals surface area contributed by atoms with Gasteiger partial charge < -0.3 is 30.9 Å². The van der Waals surface area contributed by atoms with Crippen LogP contribution in [0.15, 0.2) is 66.7 Å². The Morgan fingerprint density at radius 2 is 1.58 bits per heavy atom. The Kier molecular flexibility index (Phi) is 10.4. The number of carbonyl (C=O) groups excluding carboxylic acids is 2. The molecule has 0 saturated carbocycles. The zero-order chi connectivity index (χ0) is 31.6. The van der Waals surface area contributed by atoms with Gasteiger partial charge in [0, 0.05) is 43.5 Å². The normalized spacial score (nSPS) is 19.4. The lowest BCUT2D eigenvalue weighted by atomic mass is 9.78. The Morgan fingerprint density at radius 1 is 0.978 bits per heavy atom. The number of ether oxygens (including phenoxy) is 1. The van der Waals surface area contributed by atoms with E-state index in [0.29, 0.717) is 16.8 Å². The fourth-order valence-electron chi connectivity index (χ4n) is 5.36. The summed E-state index contributed by atoms with van der Waals surface area (Å²) in [6.45, 7) is 0.338. The van der Waals surface area contributed by atoms with E-state index in [0.717, 1.165) is 5.06 Å². The molecule has 2 amide bonds. The molecule has 7 N–H and O–H groups in total. The first-order valence-electron chi connectivity index (χ1n) is 13.7. The molecule has 2 aliphatic rings. The van der Waals surface area contributed by atoms with Crippen LogP contribution in [0.4, 0.5) is 19.3 Å². The number of nitrogens with two attached hydrogens (primary N) is 1. The van der Waals surface area contributed by atoms with E-state index in [4.69, 9.17) is 9.88 Å². The number of hydroxylamine groups is 2. The first-order chi connectivity index (χ1) is 20.9. The molecule has 45 heavy (non-hydrogen) atoms. The van der Waals surface area contributed by atoms with E-state index in [1.54, 1.807) is 0 Å².